The Labute approximate surface area is 191 Å². The van der Waals surface area contributed by atoms with Gasteiger partial charge in [0.2, 0.25) is 5.95 Å². The third-order valence-electron chi connectivity index (χ3n) is 4.65. The molecule has 2 aromatic carbocycles. The second-order valence-electron chi connectivity index (χ2n) is 8.12. The number of ether oxygens (including phenoxy) is 1. The third kappa shape index (κ3) is 7.94. The number of hydrogen-bond acceptors (Lipinski definition) is 6. The maximum absolute atomic E-state index is 12.7. The smallest absolute Gasteiger partial charge is 0.406 e. The molecule has 0 atom stereocenters. The summed E-state index contributed by atoms with van der Waals surface area (Å²) in [7, 11) is 4.00. The molecule has 6 nitrogen and oxygen atoms in total. The van der Waals surface area contributed by atoms with Crippen LogP contribution in [0.4, 0.5) is 30.6 Å². The number of aromatic nitrogens is 2. The van der Waals surface area contributed by atoms with Gasteiger partial charge in [0.05, 0.1) is 5.69 Å². The van der Waals surface area contributed by atoms with Gasteiger partial charge in [0.1, 0.15) is 11.6 Å². The SMILES string of the molecule is Cc1cc(C)cc(Nc2cc(-c3cccc(OC(F)(F)F)c3)nc(NCCCN(C)C)n2)c1. The molecule has 0 aliphatic carbocycles. The van der Waals surface area contributed by atoms with Gasteiger partial charge in [-0.25, -0.2) is 4.98 Å². The highest BCUT2D eigenvalue weighted by Gasteiger charge is 2.31. The molecular formula is C24H28F3N5O. The van der Waals surface area contributed by atoms with Gasteiger partial charge >= 0.3 is 6.36 Å². The van der Waals surface area contributed by atoms with E-state index >= 15 is 0 Å². The summed E-state index contributed by atoms with van der Waals surface area (Å²) < 4.78 is 42.1. The van der Waals surface area contributed by atoms with Crippen LogP contribution in [0.3, 0.4) is 0 Å². The Balaban J connectivity index is 1.92. The van der Waals surface area contributed by atoms with Crippen LogP contribution >= 0.6 is 0 Å². The van der Waals surface area contributed by atoms with E-state index in [1.165, 1.54) is 18.2 Å². The van der Waals surface area contributed by atoms with Crippen molar-refractivity contribution < 1.29 is 17.9 Å². The van der Waals surface area contributed by atoms with Crippen LogP contribution in [0.25, 0.3) is 11.3 Å². The molecule has 0 saturated heterocycles. The van der Waals surface area contributed by atoms with Gasteiger partial charge in [-0.2, -0.15) is 4.98 Å². The highest BCUT2D eigenvalue weighted by atomic mass is 19.4. The minimum absolute atomic E-state index is 0.303. The number of halogens is 3. The number of benzene rings is 2. The fourth-order valence-electron chi connectivity index (χ4n) is 3.38. The van der Waals surface area contributed by atoms with Crippen molar-refractivity contribution in [3.8, 4) is 17.0 Å². The van der Waals surface area contributed by atoms with Gasteiger partial charge in [-0.05, 0) is 76.3 Å². The van der Waals surface area contributed by atoms with Crippen LogP contribution in [0.15, 0.2) is 48.5 Å². The van der Waals surface area contributed by atoms with Crippen molar-refractivity contribution in [2.24, 2.45) is 0 Å². The second kappa shape index (κ2) is 10.5. The van der Waals surface area contributed by atoms with Gasteiger partial charge in [-0.1, -0.05) is 18.2 Å². The number of anilines is 3. The zero-order valence-electron chi connectivity index (χ0n) is 19.1. The molecule has 1 aromatic heterocycles. The summed E-state index contributed by atoms with van der Waals surface area (Å²) in [5.41, 5.74) is 4.03. The van der Waals surface area contributed by atoms with Crippen molar-refractivity contribution in [1.82, 2.24) is 14.9 Å². The quantitative estimate of drug-likeness (QED) is 0.397. The molecular weight excluding hydrogens is 431 g/mol. The summed E-state index contributed by atoms with van der Waals surface area (Å²) in [6.07, 6.45) is -3.88. The molecule has 3 aromatic rings. The van der Waals surface area contributed by atoms with Gasteiger partial charge in [0.25, 0.3) is 0 Å². The normalized spacial score (nSPS) is 11.5. The maximum Gasteiger partial charge on any atom is 0.573 e. The van der Waals surface area contributed by atoms with Crippen molar-refractivity contribution in [3.63, 3.8) is 0 Å². The molecule has 1 heterocycles. The molecule has 0 fully saturated rings. The van der Waals surface area contributed by atoms with Crippen LogP contribution in [-0.2, 0) is 0 Å². The van der Waals surface area contributed by atoms with Crippen molar-refractivity contribution in [1.29, 1.82) is 0 Å². The fourth-order valence-corrected chi connectivity index (χ4v) is 3.38. The number of rotatable bonds is 9. The Morgan fingerprint density at radius 1 is 0.970 bits per heavy atom. The van der Waals surface area contributed by atoms with Gasteiger partial charge in [0.15, 0.2) is 0 Å². The van der Waals surface area contributed by atoms with Crippen LogP contribution in [0.5, 0.6) is 5.75 Å². The third-order valence-corrected chi connectivity index (χ3v) is 4.65. The predicted octanol–water partition coefficient (Wildman–Crippen LogP) is 5.77. The van der Waals surface area contributed by atoms with Gasteiger partial charge < -0.3 is 20.3 Å². The summed E-state index contributed by atoms with van der Waals surface area (Å²) in [6.45, 7) is 5.57. The minimum atomic E-state index is -4.76. The molecule has 33 heavy (non-hydrogen) atoms. The molecule has 0 unspecified atom stereocenters. The molecule has 0 spiro atoms. The first-order valence-electron chi connectivity index (χ1n) is 10.6. The fraction of sp³-hybridized carbons (Fsp3) is 0.333. The Morgan fingerprint density at radius 2 is 1.70 bits per heavy atom. The molecule has 0 amide bonds. The van der Waals surface area contributed by atoms with Crippen molar-refractivity contribution in [2.45, 2.75) is 26.6 Å². The molecule has 3 rings (SSSR count). The van der Waals surface area contributed by atoms with E-state index in [9.17, 15) is 13.2 Å². The van der Waals surface area contributed by atoms with Crippen LogP contribution in [0.1, 0.15) is 17.5 Å². The van der Waals surface area contributed by atoms with Gasteiger partial charge in [-0.3, -0.25) is 0 Å². The molecule has 0 bridgehead atoms. The first-order chi connectivity index (χ1) is 15.6. The average Bonchev–Trinajstić information content (AvgIpc) is 2.69. The monoisotopic (exact) mass is 459 g/mol. The minimum Gasteiger partial charge on any atom is -0.406 e. The van der Waals surface area contributed by atoms with Crippen LogP contribution in [-0.4, -0.2) is 48.4 Å². The summed E-state index contributed by atoms with van der Waals surface area (Å²) >= 11 is 0. The zero-order valence-corrected chi connectivity index (χ0v) is 19.1. The summed E-state index contributed by atoms with van der Waals surface area (Å²) in [5.74, 6) is 0.616. The molecule has 0 aliphatic rings. The largest absolute Gasteiger partial charge is 0.573 e. The van der Waals surface area contributed by atoms with E-state index in [0.29, 0.717) is 29.6 Å². The average molecular weight is 460 g/mol. The molecule has 9 heteroatoms. The lowest BCUT2D eigenvalue weighted by molar-refractivity contribution is -0.274. The first-order valence-corrected chi connectivity index (χ1v) is 10.6. The Hall–Kier alpha value is -3.33. The molecule has 2 N–H and O–H groups in total. The Morgan fingerprint density at radius 3 is 2.36 bits per heavy atom. The molecule has 0 aliphatic heterocycles. The number of nitrogens with one attached hydrogen (secondary N) is 2. The van der Waals surface area contributed by atoms with Gasteiger partial charge in [0, 0.05) is 23.9 Å². The lowest BCUT2D eigenvalue weighted by atomic mass is 10.1. The summed E-state index contributed by atoms with van der Waals surface area (Å²) in [4.78, 5) is 11.2. The van der Waals surface area contributed by atoms with E-state index in [-0.39, 0.29) is 5.75 Å². The highest BCUT2D eigenvalue weighted by molar-refractivity contribution is 5.68. The lowest BCUT2D eigenvalue weighted by Crippen LogP contribution is -2.17. The van der Waals surface area contributed by atoms with E-state index in [0.717, 1.165) is 29.8 Å². The Kier molecular flexibility index (Phi) is 7.75. The van der Waals surface area contributed by atoms with E-state index in [4.69, 9.17) is 0 Å². The van der Waals surface area contributed by atoms with Crippen molar-refractivity contribution in [2.75, 3.05) is 37.8 Å². The number of nitrogens with zero attached hydrogens (tertiary/aromatic N) is 3. The lowest BCUT2D eigenvalue weighted by Gasteiger charge is -2.14. The topological polar surface area (TPSA) is 62.3 Å². The molecule has 0 radical (unpaired) electrons. The summed E-state index contributed by atoms with van der Waals surface area (Å²) in [5, 5.41) is 6.50. The highest BCUT2D eigenvalue weighted by Crippen LogP contribution is 2.29. The first kappa shape index (κ1) is 24.3. The van der Waals surface area contributed by atoms with Crippen LogP contribution in [0, 0.1) is 13.8 Å². The van der Waals surface area contributed by atoms with Crippen molar-refractivity contribution in [3.05, 3.63) is 59.7 Å². The van der Waals surface area contributed by atoms with Gasteiger partial charge in [-0.15, -0.1) is 13.2 Å². The number of aryl methyl sites for hydroxylation is 2. The van der Waals surface area contributed by atoms with E-state index in [1.807, 2.05) is 40.1 Å². The standard InChI is InChI=1S/C24H28F3N5O/c1-16-11-17(2)13-19(12-16)29-22-15-21(30-23(31-22)28-9-6-10-32(3)4)18-7-5-8-20(14-18)33-24(25,26)27/h5,7-8,11-15H,6,9-10H2,1-4H3,(H2,28,29,30,31). The number of alkyl halides is 3. The van der Waals surface area contributed by atoms with Crippen LogP contribution < -0.4 is 15.4 Å². The van der Waals surface area contributed by atoms with E-state index in [1.54, 1.807) is 12.1 Å². The second-order valence-corrected chi connectivity index (χ2v) is 8.12. The van der Waals surface area contributed by atoms with E-state index in [2.05, 4.69) is 36.3 Å². The molecule has 176 valence electrons. The maximum atomic E-state index is 12.7. The van der Waals surface area contributed by atoms with Crippen LogP contribution in [0.2, 0.25) is 0 Å². The number of hydrogen-bond donors (Lipinski definition) is 2. The zero-order chi connectivity index (χ0) is 24.0. The predicted molar refractivity (Wildman–Crippen MR) is 125 cm³/mol. The Bertz CT molecular complexity index is 1070. The van der Waals surface area contributed by atoms with Crippen molar-refractivity contribution >= 4 is 17.5 Å². The molecule has 0 saturated carbocycles. The summed E-state index contributed by atoms with van der Waals surface area (Å²) in [6, 6.07) is 13.5. The van der Waals surface area contributed by atoms with E-state index < -0.39 is 6.36 Å².